The molecule has 0 saturated heterocycles. The van der Waals surface area contributed by atoms with Crippen LogP contribution >= 0.6 is 11.3 Å². The van der Waals surface area contributed by atoms with E-state index in [1.54, 1.807) is 34.5 Å². The third kappa shape index (κ3) is 3.23. The van der Waals surface area contributed by atoms with Crippen LogP contribution in [0.4, 0.5) is 10.8 Å². The molecule has 0 saturated carbocycles. The summed E-state index contributed by atoms with van der Waals surface area (Å²) in [7, 11) is 0. The molecule has 1 aromatic heterocycles. The van der Waals surface area contributed by atoms with Crippen molar-refractivity contribution in [2.45, 2.75) is 13.3 Å². The average Bonchev–Trinajstić information content (AvgIpc) is 2.75. The van der Waals surface area contributed by atoms with Gasteiger partial charge in [0.25, 0.3) is 0 Å². The van der Waals surface area contributed by atoms with Crippen molar-refractivity contribution in [1.82, 2.24) is 4.98 Å². The van der Waals surface area contributed by atoms with Gasteiger partial charge < -0.3 is 15.7 Å². The molecule has 0 atom stereocenters. The van der Waals surface area contributed by atoms with Gasteiger partial charge in [-0.1, -0.05) is 6.07 Å². The average molecular weight is 277 g/mol. The number of anilines is 2. The van der Waals surface area contributed by atoms with Gasteiger partial charge in [-0.25, -0.2) is 4.98 Å². The third-order valence-electron chi connectivity index (χ3n) is 2.66. The number of amides is 1. The number of thiazole rings is 1. The Morgan fingerprint density at radius 3 is 2.89 bits per heavy atom. The van der Waals surface area contributed by atoms with Gasteiger partial charge in [0.05, 0.1) is 12.1 Å². The van der Waals surface area contributed by atoms with E-state index < -0.39 is 0 Å². The van der Waals surface area contributed by atoms with Gasteiger partial charge in [-0.15, -0.1) is 11.3 Å². The number of nitrogen functional groups attached to an aromatic ring is 1. The largest absolute Gasteiger partial charge is 0.508 e. The standard InChI is InChI=1S/C13H15N3O2S/c1-2-16(10-4-3-5-11(17)7-10)12(18)6-9-8-19-13(14)15-9/h3-5,7-8,17H,2,6H2,1H3,(H2,14,15). The van der Waals surface area contributed by atoms with E-state index in [0.717, 1.165) is 0 Å². The molecule has 19 heavy (non-hydrogen) atoms. The van der Waals surface area contributed by atoms with Crippen LogP contribution in [-0.2, 0) is 11.2 Å². The van der Waals surface area contributed by atoms with E-state index in [-0.39, 0.29) is 18.1 Å². The molecule has 1 heterocycles. The minimum absolute atomic E-state index is 0.0709. The highest BCUT2D eigenvalue weighted by atomic mass is 32.1. The Balaban J connectivity index is 2.15. The van der Waals surface area contributed by atoms with E-state index in [4.69, 9.17) is 5.73 Å². The van der Waals surface area contributed by atoms with Gasteiger partial charge >= 0.3 is 0 Å². The summed E-state index contributed by atoms with van der Waals surface area (Å²) < 4.78 is 0. The predicted octanol–water partition coefficient (Wildman–Crippen LogP) is 2.03. The number of hydrogen-bond acceptors (Lipinski definition) is 5. The molecule has 100 valence electrons. The maximum Gasteiger partial charge on any atom is 0.233 e. The fourth-order valence-electron chi connectivity index (χ4n) is 1.82. The van der Waals surface area contributed by atoms with Gasteiger partial charge in [-0.3, -0.25) is 4.79 Å². The number of nitrogens with two attached hydrogens (primary N) is 1. The first-order valence-corrected chi connectivity index (χ1v) is 6.77. The van der Waals surface area contributed by atoms with Gasteiger partial charge in [0.1, 0.15) is 5.75 Å². The lowest BCUT2D eigenvalue weighted by Gasteiger charge is -2.20. The zero-order valence-electron chi connectivity index (χ0n) is 10.5. The number of rotatable bonds is 4. The zero-order chi connectivity index (χ0) is 13.8. The SMILES string of the molecule is CCN(C(=O)Cc1csc(N)n1)c1cccc(O)c1. The summed E-state index contributed by atoms with van der Waals surface area (Å²) in [4.78, 5) is 17.9. The molecule has 2 aromatic rings. The Bertz CT molecular complexity index is 583. The fourth-order valence-corrected chi connectivity index (χ4v) is 2.38. The van der Waals surface area contributed by atoms with Crippen LogP contribution in [0.2, 0.25) is 0 Å². The van der Waals surface area contributed by atoms with Crippen molar-refractivity contribution >= 4 is 28.1 Å². The number of hydrogen-bond donors (Lipinski definition) is 2. The molecule has 2 rings (SSSR count). The summed E-state index contributed by atoms with van der Waals surface area (Å²) in [6.45, 7) is 2.42. The lowest BCUT2D eigenvalue weighted by atomic mass is 10.2. The first kappa shape index (κ1) is 13.4. The predicted molar refractivity (Wildman–Crippen MR) is 76.4 cm³/mol. The number of nitrogens with zero attached hydrogens (tertiary/aromatic N) is 2. The normalized spacial score (nSPS) is 10.4. The van der Waals surface area contributed by atoms with Crippen molar-refractivity contribution in [3.63, 3.8) is 0 Å². The molecule has 3 N–H and O–H groups in total. The molecular formula is C13H15N3O2S. The molecule has 0 aliphatic carbocycles. The number of aromatic nitrogens is 1. The Labute approximate surface area is 115 Å². The molecule has 6 heteroatoms. The smallest absolute Gasteiger partial charge is 0.233 e. The second-order valence-electron chi connectivity index (χ2n) is 4.01. The van der Waals surface area contributed by atoms with Crippen molar-refractivity contribution in [2.24, 2.45) is 0 Å². The first-order valence-electron chi connectivity index (χ1n) is 5.89. The maximum atomic E-state index is 12.2. The Morgan fingerprint density at radius 2 is 2.32 bits per heavy atom. The highest BCUT2D eigenvalue weighted by Gasteiger charge is 2.16. The summed E-state index contributed by atoms with van der Waals surface area (Å²) in [6, 6.07) is 6.64. The second kappa shape index (κ2) is 5.71. The van der Waals surface area contributed by atoms with Crippen molar-refractivity contribution < 1.29 is 9.90 Å². The zero-order valence-corrected chi connectivity index (χ0v) is 11.4. The monoisotopic (exact) mass is 277 g/mol. The van der Waals surface area contributed by atoms with E-state index in [2.05, 4.69) is 4.98 Å². The number of phenols is 1. The second-order valence-corrected chi connectivity index (χ2v) is 4.90. The van der Waals surface area contributed by atoms with Gasteiger partial charge in [-0.2, -0.15) is 0 Å². The van der Waals surface area contributed by atoms with E-state index in [0.29, 0.717) is 23.1 Å². The minimum atomic E-state index is -0.0709. The molecule has 1 aromatic carbocycles. The fraction of sp³-hybridized carbons (Fsp3) is 0.231. The molecule has 0 bridgehead atoms. The lowest BCUT2D eigenvalue weighted by molar-refractivity contribution is -0.118. The summed E-state index contributed by atoms with van der Waals surface area (Å²) in [5.74, 6) is 0.0695. The van der Waals surface area contributed by atoms with Crippen LogP contribution in [0, 0.1) is 0 Å². The number of phenolic OH excluding ortho intramolecular Hbond substituents is 1. The topological polar surface area (TPSA) is 79.5 Å². The van der Waals surface area contributed by atoms with Crippen LogP contribution in [0.1, 0.15) is 12.6 Å². The maximum absolute atomic E-state index is 12.2. The van der Waals surface area contributed by atoms with Crippen molar-refractivity contribution in [1.29, 1.82) is 0 Å². The molecule has 0 fully saturated rings. The summed E-state index contributed by atoms with van der Waals surface area (Å²) in [5.41, 5.74) is 6.89. The van der Waals surface area contributed by atoms with E-state index in [9.17, 15) is 9.90 Å². The van der Waals surface area contributed by atoms with Crippen LogP contribution in [-0.4, -0.2) is 22.5 Å². The first-order chi connectivity index (χ1) is 9.10. The Hall–Kier alpha value is -2.08. The number of carbonyl (C=O) groups excluding carboxylic acids is 1. The van der Waals surface area contributed by atoms with Crippen LogP contribution in [0.15, 0.2) is 29.6 Å². The molecule has 0 radical (unpaired) electrons. The van der Waals surface area contributed by atoms with Gasteiger partial charge in [0, 0.05) is 23.7 Å². The van der Waals surface area contributed by atoms with E-state index in [1.807, 2.05) is 6.92 Å². The number of benzene rings is 1. The highest BCUT2D eigenvalue weighted by Crippen LogP contribution is 2.21. The molecule has 0 spiro atoms. The summed E-state index contributed by atoms with van der Waals surface area (Å²) in [5, 5.41) is 11.7. The van der Waals surface area contributed by atoms with Gasteiger partial charge in [-0.05, 0) is 19.1 Å². The molecule has 0 aliphatic heterocycles. The minimum Gasteiger partial charge on any atom is -0.508 e. The van der Waals surface area contributed by atoms with Gasteiger partial charge in [0.2, 0.25) is 5.91 Å². The number of likely N-dealkylation sites (N-methyl/N-ethyl adjacent to an activating group) is 1. The van der Waals surface area contributed by atoms with Crippen LogP contribution in [0.25, 0.3) is 0 Å². The summed E-state index contributed by atoms with van der Waals surface area (Å²) >= 11 is 1.32. The Kier molecular flexibility index (Phi) is 4.01. The number of carbonyl (C=O) groups is 1. The van der Waals surface area contributed by atoms with Crippen molar-refractivity contribution in [3.05, 3.63) is 35.3 Å². The van der Waals surface area contributed by atoms with Crippen LogP contribution < -0.4 is 10.6 Å². The molecule has 0 aliphatic rings. The van der Waals surface area contributed by atoms with Gasteiger partial charge in [0.15, 0.2) is 5.13 Å². The lowest BCUT2D eigenvalue weighted by Crippen LogP contribution is -2.32. The Morgan fingerprint density at radius 1 is 1.53 bits per heavy atom. The molecule has 0 unspecified atom stereocenters. The molecule has 1 amide bonds. The molecular weight excluding hydrogens is 262 g/mol. The molecule has 5 nitrogen and oxygen atoms in total. The highest BCUT2D eigenvalue weighted by molar-refractivity contribution is 7.13. The van der Waals surface area contributed by atoms with Crippen molar-refractivity contribution in [2.75, 3.05) is 17.2 Å². The van der Waals surface area contributed by atoms with Crippen LogP contribution in [0.5, 0.6) is 5.75 Å². The third-order valence-corrected chi connectivity index (χ3v) is 3.38. The van der Waals surface area contributed by atoms with Crippen LogP contribution in [0.3, 0.4) is 0 Å². The number of aromatic hydroxyl groups is 1. The van der Waals surface area contributed by atoms with E-state index >= 15 is 0 Å². The van der Waals surface area contributed by atoms with Crippen molar-refractivity contribution in [3.8, 4) is 5.75 Å². The summed E-state index contributed by atoms with van der Waals surface area (Å²) in [6.07, 6.45) is 0.206. The quantitative estimate of drug-likeness (QED) is 0.896. The van der Waals surface area contributed by atoms with E-state index in [1.165, 1.54) is 11.3 Å².